The summed E-state index contributed by atoms with van der Waals surface area (Å²) in [5, 5.41) is 1.99. The van der Waals surface area contributed by atoms with Crippen molar-refractivity contribution in [3.63, 3.8) is 0 Å². The number of nitrogens with zero attached hydrogens (tertiary/aromatic N) is 2. The van der Waals surface area contributed by atoms with Crippen molar-refractivity contribution >= 4 is 23.2 Å². The van der Waals surface area contributed by atoms with Crippen molar-refractivity contribution < 1.29 is 27.8 Å². The van der Waals surface area contributed by atoms with E-state index in [0.29, 0.717) is 25.3 Å². The highest BCUT2D eigenvalue weighted by molar-refractivity contribution is 7.10. The molecule has 3 aromatic rings. The maximum atomic E-state index is 13.9. The van der Waals surface area contributed by atoms with E-state index < -0.39 is 17.5 Å². The Bertz CT molecular complexity index is 1260. The molecule has 0 unspecified atom stereocenters. The Kier molecular flexibility index (Phi) is 7.81. The highest BCUT2D eigenvalue weighted by Crippen LogP contribution is 2.34. The van der Waals surface area contributed by atoms with Crippen LogP contribution in [0.2, 0.25) is 0 Å². The molecule has 0 saturated carbocycles. The van der Waals surface area contributed by atoms with Gasteiger partial charge >= 0.3 is 0 Å². The zero-order chi connectivity index (χ0) is 25.8. The predicted octanol–water partition coefficient (Wildman–Crippen LogP) is 4.85. The van der Waals surface area contributed by atoms with E-state index in [1.165, 1.54) is 40.1 Å². The minimum absolute atomic E-state index is 0.155. The number of ether oxygens (including phenoxy) is 2. The normalized spacial score (nSPS) is 18.9. The average Bonchev–Trinajstić information content (AvgIpc) is 3.58. The third-order valence-corrected chi connectivity index (χ3v) is 7.75. The summed E-state index contributed by atoms with van der Waals surface area (Å²) in [7, 11) is 0. The van der Waals surface area contributed by atoms with E-state index in [2.05, 4.69) is 0 Å². The molecule has 0 N–H and O–H groups in total. The Balaban J connectivity index is 1.36. The van der Waals surface area contributed by atoms with Crippen LogP contribution in [0.4, 0.5) is 8.78 Å². The number of thiophene rings is 1. The van der Waals surface area contributed by atoms with Crippen LogP contribution in [-0.2, 0) is 16.0 Å². The van der Waals surface area contributed by atoms with Crippen molar-refractivity contribution in [2.75, 3.05) is 32.8 Å². The fraction of sp³-hybridized carbons (Fsp3) is 0.357. The van der Waals surface area contributed by atoms with E-state index in [4.69, 9.17) is 9.47 Å². The zero-order valence-corrected chi connectivity index (χ0v) is 21.1. The maximum Gasteiger partial charge on any atom is 0.254 e. The minimum atomic E-state index is -0.509. The molecule has 1 aromatic heterocycles. The van der Waals surface area contributed by atoms with Gasteiger partial charge in [-0.05, 0) is 66.6 Å². The predicted molar refractivity (Wildman–Crippen MR) is 136 cm³/mol. The molecule has 0 bridgehead atoms. The molecule has 194 valence electrons. The van der Waals surface area contributed by atoms with Crippen molar-refractivity contribution in [3.05, 3.63) is 87.6 Å². The van der Waals surface area contributed by atoms with Crippen LogP contribution in [0.25, 0.3) is 0 Å². The van der Waals surface area contributed by atoms with Gasteiger partial charge in [-0.25, -0.2) is 8.78 Å². The SMILES string of the molecule is O=C(c1cccc(F)c1)N(CC(=O)N1CCc2sccc2[C@H]1COc1cccc(F)c1)C[C@@H]1CCCO1. The summed E-state index contributed by atoms with van der Waals surface area (Å²) in [5.41, 5.74) is 1.19. The molecule has 2 aliphatic heterocycles. The molecule has 0 aliphatic carbocycles. The van der Waals surface area contributed by atoms with Gasteiger partial charge in [0.15, 0.2) is 0 Å². The van der Waals surface area contributed by atoms with Crippen LogP contribution < -0.4 is 4.74 Å². The quantitative estimate of drug-likeness (QED) is 0.421. The Morgan fingerprint density at radius 3 is 2.68 bits per heavy atom. The van der Waals surface area contributed by atoms with Crippen LogP contribution >= 0.6 is 11.3 Å². The molecule has 6 nitrogen and oxygen atoms in total. The lowest BCUT2D eigenvalue weighted by Gasteiger charge is -2.37. The van der Waals surface area contributed by atoms with Crippen LogP contribution in [0.3, 0.4) is 0 Å². The molecule has 2 aliphatic rings. The van der Waals surface area contributed by atoms with Gasteiger partial charge in [0.2, 0.25) is 5.91 Å². The molecule has 3 heterocycles. The minimum Gasteiger partial charge on any atom is -0.491 e. The van der Waals surface area contributed by atoms with E-state index in [1.54, 1.807) is 34.4 Å². The molecule has 9 heteroatoms. The third kappa shape index (κ3) is 5.99. The summed E-state index contributed by atoms with van der Waals surface area (Å²) in [6.45, 7) is 1.34. The molecule has 0 spiro atoms. The monoisotopic (exact) mass is 526 g/mol. The van der Waals surface area contributed by atoms with E-state index in [-0.39, 0.29) is 43.3 Å². The molecule has 2 aromatic carbocycles. The van der Waals surface area contributed by atoms with Crippen LogP contribution in [-0.4, -0.2) is 60.6 Å². The van der Waals surface area contributed by atoms with Crippen molar-refractivity contribution in [1.29, 1.82) is 0 Å². The van der Waals surface area contributed by atoms with Crippen molar-refractivity contribution in [2.45, 2.75) is 31.4 Å². The van der Waals surface area contributed by atoms with Gasteiger partial charge in [0, 0.05) is 36.2 Å². The van der Waals surface area contributed by atoms with E-state index in [1.807, 2.05) is 11.4 Å². The summed E-state index contributed by atoms with van der Waals surface area (Å²) in [5.74, 6) is -1.16. The summed E-state index contributed by atoms with van der Waals surface area (Å²) >= 11 is 1.64. The number of fused-ring (bicyclic) bond motifs is 1. The molecule has 37 heavy (non-hydrogen) atoms. The van der Waals surface area contributed by atoms with Gasteiger partial charge in [0.25, 0.3) is 5.91 Å². The van der Waals surface area contributed by atoms with E-state index >= 15 is 0 Å². The van der Waals surface area contributed by atoms with Crippen molar-refractivity contribution in [2.24, 2.45) is 0 Å². The lowest BCUT2D eigenvalue weighted by molar-refractivity contribution is -0.135. The number of hydrogen-bond acceptors (Lipinski definition) is 5. The number of rotatable bonds is 8. The molecular formula is C28H28F2N2O4S. The summed E-state index contributed by atoms with van der Waals surface area (Å²) in [4.78, 5) is 31.4. The lowest BCUT2D eigenvalue weighted by Crippen LogP contribution is -2.49. The van der Waals surface area contributed by atoms with Gasteiger partial charge in [0.05, 0.1) is 12.1 Å². The number of halogens is 2. The summed E-state index contributed by atoms with van der Waals surface area (Å²) in [6.07, 6.45) is 2.24. The smallest absolute Gasteiger partial charge is 0.254 e. The second kappa shape index (κ2) is 11.4. The second-order valence-electron chi connectivity index (χ2n) is 9.25. The Hall–Kier alpha value is -3.30. The number of carbonyl (C=O) groups excluding carboxylic acids is 2. The van der Waals surface area contributed by atoms with E-state index in [9.17, 15) is 18.4 Å². The first kappa shape index (κ1) is 25.4. The molecule has 1 fully saturated rings. The molecule has 1 saturated heterocycles. The highest BCUT2D eigenvalue weighted by atomic mass is 32.1. The first-order valence-electron chi connectivity index (χ1n) is 12.4. The topological polar surface area (TPSA) is 59.1 Å². The van der Waals surface area contributed by atoms with Crippen molar-refractivity contribution in [1.82, 2.24) is 9.80 Å². The van der Waals surface area contributed by atoms with E-state index in [0.717, 1.165) is 18.4 Å². The fourth-order valence-electron chi connectivity index (χ4n) is 4.92. The molecule has 0 radical (unpaired) electrons. The van der Waals surface area contributed by atoms with Crippen LogP contribution in [0.1, 0.15) is 39.7 Å². The molecular weight excluding hydrogens is 498 g/mol. The Morgan fingerprint density at radius 1 is 1.11 bits per heavy atom. The number of hydrogen-bond donors (Lipinski definition) is 0. The average molecular weight is 527 g/mol. The Labute approximate surface area is 218 Å². The number of benzene rings is 2. The summed E-state index contributed by atoms with van der Waals surface area (Å²) < 4.78 is 39.2. The second-order valence-corrected chi connectivity index (χ2v) is 10.3. The van der Waals surface area contributed by atoms with Gasteiger partial charge in [-0.3, -0.25) is 9.59 Å². The standard InChI is InChI=1S/C28H28F2N2O4S/c29-20-5-1-4-19(14-20)28(34)31(16-23-8-3-12-35-23)17-27(33)32-11-9-26-24(10-13-37-26)25(32)18-36-22-7-2-6-21(30)15-22/h1-2,4-7,10,13-15,23,25H,3,8-9,11-12,16-18H2/t23-,25+/m0/s1. The van der Waals surface area contributed by atoms with Crippen LogP contribution in [0, 0.1) is 11.6 Å². The van der Waals surface area contributed by atoms with Gasteiger partial charge in [-0.2, -0.15) is 0 Å². The number of amides is 2. The largest absolute Gasteiger partial charge is 0.491 e. The Morgan fingerprint density at radius 2 is 1.92 bits per heavy atom. The number of carbonyl (C=O) groups is 2. The van der Waals surface area contributed by atoms with Crippen molar-refractivity contribution in [3.8, 4) is 5.75 Å². The van der Waals surface area contributed by atoms with Gasteiger partial charge in [-0.15, -0.1) is 11.3 Å². The van der Waals surface area contributed by atoms with Gasteiger partial charge in [-0.1, -0.05) is 12.1 Å². The van der Waals surface area contributed by atoms with Gasteiger partial charge < -0.3 is 19.3 Å². The fourth-order valence-corrected chi connectivity index (χ4v) is 5.85. The third-order valence-electron chi connectivity index (χ3n) is 6.75. The molecule has 2 atom stereocenters. The first-order chi connectivity index (χ1) is 18.0. The van der Waals surface area contributed by atoms with Crippen LogP contribution in [0.5, 0.6) is 5.75 Å². The maximum absolute atomic E-state index is 13.9. The lowest BCUT2D eigenvalue weighted by atomic mass is 10.00. The van der Waals surface area contributed by atoms with Gasteiger partial charge in [0.1, 0.15) is 30.5 Å². The van der Waals surface area contributed by atoms with Crippen LogP contribution in [0.15, 0.2) is 60.0 Å². The zero-order valence-electron chi connectivity index (χ0n) is 20.3. The molecule has 2 amide bonds. The molecule has 5 rings (SSSR count). The highest BCUT2D eigenvalue weighted by Gasteiger charge is 2.34. The first-order valence-corrected chi connectivity index (χ1v) is 13.3. The summed E-state index contributed by atoms with van der Waals surface area (Å²) in [6, 6.07) is 13.0.